The lowest BCUT2D eigenvalue weighted by Crippen LogP contribution is -2.45. The number of rotatable bonds is 4. The predicted octanol–water partition coefficient (Wildman–Crippen LogP) is 1.97. The lowest BCUT2D eigenvalue weighted by atomic mass is 10.1. The van der Waals surface area contributed by atoms with E-state index in [0.717, 1.165) is 5.69 Å². The van der Waals surface area contributed by atoms with Gasteiger partial charge < -0.3 is 9.47 Å². The zero-order valence-electron chi connectivity index (χ0n) is 14.5. The van der Waals surface area contributed by atoms with E-state index in [9.17, 15) is 13.2 Å². The van der Waals surface area contributed by atoms with Crippen molar-refractivity contribution in [1.29, 1.82) is 0 Å². The summed E-state index contributed by atoms with van der Waals surface area (Å²) in [5.41, 5.74) is 1.63. The van der Waals surface area contributed by atoms with E-state index in [2.05, 4.69) is 0 Å². The number of hydrogen-bond donors (Lipinski definition) is 0. The van der Waals surface area contributed by atoms with E-state index in [0.29, 0.717) is 31.5 Å². The molecule has 1 amide bonds. The second-order valence-corrected chi connectivity index (χ2v) is 8.88. The molecular weight excluding hydrogens is 338 g/mol. The van der Waals surface area contributed by atoms with Gasteiger partial charge in [-0.3, -0.25) is 4.79 Å². The maximum atomic E-state index is 12.6. The van der Waals surface area contributed by atoms with Crippen molar-refractivity contribution in [2.45, 2.75) is 18.1 Å². The number of carbonyl (C=O) groups is 1. The van der Waals surface area contributed by atoms with E-state index >= 15 is 0 Å². The molecule has 0 N–H and O–H groups in total. The van der Waals surface area contributed by atoms with Gasteiger partial charge in [0.15, 0.2) is 0 Å². The number of aromatic nitrogens is 1. The Morgan fingerprint density at radius 1 is 1.04 bits per heavy atom. The number of carbonyl (C=O) groups excluding carboxylic acids is 1. The van der Waals surface area contributed by atoms with Crippen LogP contribution in [0, 0.1) is 0 Å². The summed E-state index contributed by atoms with van der Waals surface area (Å²) >= 11 is 0. The highest BCUT2D eigenvalue weighted by atomic mass is 32.2. The van der Waals surface area contributed by atoms with Gasteiger partial charge in [0.25, 0.3) is 5.91 Å². The van der Waals surface area contributed by atoms with Crippen LogP contribution in [-0.2, 0) is 10.0 Å². The Morgan fingerprint density at radius 2 is 1.60 bits per heavy atom. The maximum Gasteiger partial charge on any atom is 0.253 e. The van der Waals surface area contributed by atoms with Crippen LogP contribution in [0.2, 0.25) is 0 Å². The first kappa shape index (κ1) is 17.7. The van der Waals surface area contributed by atoms with Gasteiger partial charge in [-0.25, -0.2) is 12.7 Å². The molecule has 0 bridgehead atoms. The highest BCUT2D eigenvalue weighted by Gasteiger charge is 2.33. The number of sulfonamides is 1. The molecule has 1 fully saturated rings. The summed E-state index contributed by atoms with van der Waals surface area (Å²) in [7, 11) is -0.142. The standard InChI is InChI=1S/C18H23N3O3S/c1-19(2)25(23,24)17-9-13-21(14-10-17)18(22)15-5-7-16(8-6-15)20-11-3-4-12-20/h3-8,11-12,17H,9-10,13-14H2,1-2H3. The molecule has 1 aliphatic heterocycles. The Bertz CT molecular complexity index is 819. The molecule has 0 saturated carbocycles. The summed E-state index contributed by atoms with van der Waals surface area (Å²) in [5.74, 6) is -0.0419. The van der Waals surface area contributed by atoms with Gasteiger partial charge in [-0.15, -0.1) is 0 Å². The van der Waals surface area contributed by atoms with Crippen LogP contribution < -0.4 is 0 Å². The highest BCUT2D eigenvalue weighted by Crippen LogP contribution is 2.21. The fourth-order valence-electron chi connectivity index (χ4n) is 3.12. The van der Waals surface area contributed by atoms with E-state index in [1.54, 1.807) is 19.0 Å². The first-order chi connectivity index (χ1) is 11.9. The van der Waals surface area contributed by atoms with Crippen LogP contribution in [0.25, 0.3) is 5.69 Å². The van der Waals surface area contributed by atoms with E-state index < -0.39 is 15.3 Å². The smallest absolute Gasteiger partial charge is 0.253 e. The summed E-state index contributed by atoms with van der Waals surface area (Å²) in [6.07, 6.45) is 4.86. The van der Waals surface area contributed by atoms with E-state index in [4.69, 9.17) is 0 Å². The molecule has 0 atom stereocenters. The van der Waals surface area contributed by atoms with Crippen molar-refractivity contribution in [2.24, 2.45) is 0 Å². The van der Waals surface area contributed by atoms with Crippen molar-refractivity contribution in [1.82, 2.24) is 13.8 Å². The van der Waals surface area contributed by atoms with Crippen molar-refractivity contribution in [3.63, 3.8) is 0 Å². The Labute approximate surface area is 148 Å². The average Bonchev–Trinajstić information content (AvgIpc) is 3.16. The molecule has 1 saturated heterocycles. The van der Waals surface area contributed by atoms with Crippen LogP contribution in [0.4, 0.5) is 0 Å². The Balaban J connectivity index is 1.65. The fourth-order valence-corrected chi connectivity index (χ4v) is 4.52. The Morgan fingerprint density at radius 3 is 2.12 bits per heavy atom. The van der Waals surface area contributed by atoms with Gasteiger partial charge in [0.2, 0.25) is 10.0 Å². The number of nitrogens with zero attached hydrogens (tertiary/aromatic N) is 3. The highest BCUT2D eigenvalue weighted by molar-refractivity contribution is 7.89. The maximum absolute atomic E-state index is 12.6. The molecule has 1 aliphatic rings. The summed E-state index contributed by atoms with van der Waals surface area (Å²) in [6.45, 7) is 0.936. The van der Waals surface area contributed by atoms with Crippen molar-refractivity contribution < 1.29 is 13.2 Å². The van der Waals surface area contributed by atoms with Crippen LogP contribution >= 0.6 is 0 Å². The van der Waals surface area contributed by atoms with Gasteiger partial charge in [0.05, 0.1) is 5.25 Å². The van der Waals surface area contributed by atoms with Gasteiger partial charge in [-0.05, 0) is 49.2 Å². The van der Waals surface area contributed by atoms with E-state index in [1.807, 2.05) is 53.4 Å². The topological polar surface area (TPSA) is 62.6 Å². The minimum absolute atomic E-state index is 0.0419. The number of benzene rings is 1. The Hall–Kier alpha value is -2.12. The minimum Gasteiger partial charge on any atom is -0.339 e. The lowest BCUT2D eigenvalue weighted by molar-refractivity contribution is 0.0725. The van der Waals surface area contributed by atoms with Crippen molar-refractivity contribution in [3.05, 3.63) is 54.4 Å². The first-order valence-corrected chi connectivity index (χ1v) is 9.84. The third-order valence-corrected chi connectivity index (χ3v) is 7.01. The molecule has 1 aromatic heterocycles. The van der Waals surface area contributed by atoms with Gasteiger partial charge in [0, 0.05) is 50.8 Å². The van der Waals surface area contributed by atoms with E-state index in [1.165, 1.54) is 4.31 Å². The third-order valence-electron chi connectivity index (χ3n) is 4.68. The number of amides is 1. The summed E-state index contributed by atoms with van der Waals surface area (Å²) in [5, 5.41) is -0.400. The zero-order valence-corrected chi connectivity index (χ0v) is 15.3. The fraction of sp³-hybridized carbons (Fsp3) is 0.389. The summed E-state index contributed by atoms with van der Waals surface area (Å²) in [6, 6.07) is 11.4. The van der Waals surface area contributed by atoms with Crippen LogP contribution in [0.5, 0.6) is 0 Å². The van der Waals surface area contributed by atoms with Crippen molar-refractivity contribution in [3.8, 4) is 5.69 Å². The molecular formula is C18H23N3O3S. The molecule has 6 nitrogen and oxygen atoms in total. The summed E-state index contributed by atoms with van der Waals surface area (Å²) < 4.78 is 27.7. The second-order valence-electron chi connectivity index (χ2n) is 6.46. The number of hydrogen-bond acceptors (Lipinski definition) is 3. The molecule has 25 heavy (non-hydrogen) atoms. The molecule has 0 spiro atoms. The van der Waals surface area contributed by atoms with Gasteiger partial charge in [-0.1, -0.05) is 0 Å². The average molecular weight is 361 g/mol. The molecule has 2 aromatic rings. The monoisotopic (exact) mass is 361 g/mol. The molecule has 0 unspecified atom stereocenters. The second kappa shape index (κ2) is 7.01. The van der Waals surface area contributed by atoms with Gasteiger partial charge in [0.1, 0.15) is 0 Å². The summed E-state index contributed by atoms with van der Waals surface area (Å²) in [4.78, 5) is 14.4. The third kappa shape index (κ3) is 3.62. The van der Waals surface area contributed by atoms with Crippen molar-refractivity contribution >= 4 is 15.9 Å². The largest absolute Gasteiger partial charge is 0.339 e. The molecule has 134 valence electrons. The van der Waals surface area contributed by atoms with E-state index in [-0.39, 0.29) is 5.91 Å². The van der Waals surface area contributed by atoms with Crippen LogP contribution in [0.3, 0.4) is 0 Å². The zero-order chi connectivity index (χ0) is 18.0. The quantitative estimate of drug-likeness (QED) is 0.836. The molecule has 1 aromatic carbocycles. The molecule has 0 aliphatic carbocycles. The first-order valence-electron chi connectivity index (χ1n) is 8.33. The normalized spacial score (nSPS) is 16.4. The van der Waals surface area contributed by atoms with Gasteiger partial charge in [-0.2, -0.15) is 0 Å². The SMILES string of the molecule is CN(C)S(=O)(=O)C1CCN(C(=O)c2ccc(-n3cccc3)cc2)CC1. The molecule has 0 radical (unpaired) electrons. The minimum atomic E-state index is -3.25. The predicted molar refractivity (Wildman–Crippen MR) is 97.3 cm³/mol. The van der Waals surface area contributed by atoms with Crippen LogP contribution in [0.1, 0.15) is 23.2 Å². The Kier molecular flexibility index (Phi) is 4.96. The number of likely N-dealkylation sites (tertiary alicyclic amines) is 1. The van der Waals surface area contributed by atoms with Crippen LogP contribution in [0.15, 0.2) is 48.8 Å². The number of piperidine rings is 1. The van der Waals surface area contributed by atoms with Gasteiger partial charge >= 0.3 is 0 Å². The lowest BCUT2D eigenvalue weighted by Gasteiger charge is -2.33. The molecule has 2 heterocycles. The molecule has 7 heteroatoms. The van der Waals surface area contributed by atoms with Crippen molar-refractivity contribution in [2.75, 3.05) is 27.2 Å². The van der Waals surface area contributed by atoms with Crippen LogP contribution in [-0.4, -0.2) is 60.5 Å². The molecule has 3 rings (SSSR count).